The number of nitrogens with one attached hydrogen (secondary N) is 2. The first kappa shape index (κ1) is 16.0. The van der Waals surface area contributed by atoms with Crippen LogP contribution in [0.3, 0.4) is 0 Å². The van der Waals surface area contributed by atoms with Crippen LogP contribution in [0.2, 0.25) is 0 Å². The molecule has 1 aliphatic heterocycles. The minimum absolute atomic E-state index is 0.0725. The van der Waals surface area contributed by atoms with Gasteiger partial charge in [-0.15, -0.1) is 11.3 Å². The second-order valence-corrected chi connectivity index (χ2v) is 7.30. The fourth-order valence-electron chi connectivity index (χ4n) is 3.04. The van der Waals surface area contributed by atoms with Gasteiger partial charge in [0.25, 0.3) is 0 Å². The van der Waals surface area contributed by atoms with Crippen LogP contribution in [0.5, 0.6) is 0 Å². The highest BCUT2D eigenvalue weighted by molar-refractivity contribution is 7.10. The molecule has 1 saturated heterocycles. The normalized spacial score (nSPS) is 24.3. The molecule has 2 N–H and O–H groups in total. The number of nitrogens with zero attached hydrogens (tertiary/aromatic N) is 2. The number of hydrogen-bond donors (Lipinski definition) is 2. The van der Waals surface area contributed by atoms with Crippen molar-refractivity contribution in [2.24, 2.45) is 5.92 Å². The van der Waals surface area contributed by atoms with Crippen LogP contribution in [0.1, 0.15) is 30.7 Å². The fraction of sp³-hybridized carbons (Fsp3) is 0.562. The zero-order valence-electron chi connectivity index (χ0n) is 13.0. The molecule has 1 saturated carbocycles. The Bertz CT molecular complexity index is 635. The summed E-state index contributed by atoms with van der Waals surface area (Å²) in [6.45, 7) is 3.06. The maximum Gasteiger partial charge on any atom is 0.242 e. The first-order valence-corrected chi connectivity index (χ1v) is 8.69. The monoisotopic (exact) mass is 332 g/mol. The van der Waals surface area contributed by atoms with Crippen LogP contribution in [0.4, 0.5) is 0 Å². The number of nitriles is 1. The Balaban J connectivity index is 1.69. The van der Waals surface area contributed by atoms with Crippen LogP contribution in [0, 0.1) is 17.2 Å². The van der Waals surface area contributed by atoms with Gasteiger partial charge in [0.2, 0.25) is 11.8 Å². The number of piperazine rings is 1. The first-order chi connectivity index (χ1) is 11.0. The minimum atomic E-state index is -0.798. The van der Waals surface area contributed by atoms with Gasteiger partial charge in [0.05, 0.1) is 12.6 Å². The third-order valence-corrected chi connectivity index (χ3v) is 5.42. The maximum absolute atomic E-state index is 12.4. The lowest BCUT2D eigenvalue weighted by Gasteiger charge is -2.34. The van der Waals surface area contributed by atoms with Crippen LogP contribution >= 0.6 is 11.3 Å². The summed E-state index contributed by atoms with van der Waals surface area (Å²) in [6, 6.07) is 5.62. The topological polar surface area (TPSA) is 85.2 Å². The average Bonchev–Trinajstić information content (AvgIpc) is 3.25. The Labute approximate surface area is 139 Å². The summed E-state index contributed by atoms with van der Waals surface area (Å²) in [4.78, 5) is 27.4. The first-order valence-electron chi connectivity index (χ1n) is 7.81. The maximum atomic E-state index is 12.4. The Morgan fingerprint density at radius 2 is 2.39 bits per heavy atom. The third kappa shape index (κ3) is 3.38. The van der Waals surface area contributed by atoms with E-state index in [1.807, 2.05) is 22.4 Å². The molecule has 1 aromatic rings. The van der Waals surface area contributed by atoms with E-state index in [9.17, 15) is 14.9 Å². The van der Waals surface area contributed by atoms with Crippen LogP contribution in [-0.4, -0.2) is 41.9 Å². The summed E-state index contributed by atoms with van der Waals surface area (Å²) in [5.74, 6) is -0.0249. The van der Waals surface area contributed by atoms with Gasteiger partial charge in [0.1, 0.15) is 11.6 Å². The Morgan fingerprint density at radius 1 is 1.61 bits per heavy atom. The van der Waals surface area contributed by atoms with Crippen molar-refractivity contribution in [3.8, 4) is 6.07 Å². The standard InChI is InChI=1S/C16H20N4O2S/c1-16(10-17,11-4-5-11)19-13(21)9-20-7-6-18-15(22)14(20)12-3-2-8-23-12/h2-3,8,11,14H,4-7,9H2,1H3,(H,18,22)(H,19,21)/t14-,16-/m1/s1. The molecule has 0 aromatic carbocycles. The predicted molar refractivity (Wildman–Crippen MR) is 86.5 cm³/mol. The quantitative estimate of drug-likeness (QED) is 0.843. The molecule has 2 aliphatic rings. The smallest absolute Gasteiger partial charge is 0.242 e. The van der Waals surface area contributed by atoms with Gasteiger partial charge in [-0.2, -0.15) is 5.26 Å². The summed E-state index contributed by atoms with van der Waals surface area (Å²) in [7, 11) is 0. The van der Waals surface area contributed by atoms with Crippen molar-refractivity contribution in [2.45, 2.75) is 31.3 Å². The average molecular weight is 332 g/mol. The van der Waals surface area contributed by atoms with Gasteiger partial charge in [0, 0.05) is 18.0 Å². The molecule has 23 heavy (non-hydrogen) atoms. The Kier molecular flexibility index (Phi) is 4.37. The van der Waals surface area contributed by atoms with Crippen LogP contribution < -0.4 is 10.6 Å². The van der Waals surface area contributed by atoms with Gasteiger partial charge in [-0.05, 0) is 37.1 Å². The lowest BCUT2D eigenvalue weighted by molar-refractivity contribution is -0.132. The van der Waals surface area contributed by atoms with E-state index in [0.29, 0.717) is 13.1 Å². The molecule has 1 aliphatic carbocycles. The summed E-state index contributed by atoms with van der Waals surface area (Å²) >= 11 is 1.51. The molecule has 0 radical (unpaired) electrons. The molecule has 0 spiro atoms. The van der Waals surface area contributed by atoms with Gasteiger partial charge in [-0.25, -0.2) is 0 Å². The SMILES string of the molecule is C[C@](C#N)(NC(=O)CN1CCNC(=O)[C@H]1c1cccs1)C1CC1. The molecule has 2 fully saturated rings. The second-order valence-electron chi connectivity index (χ2n) is 6.32. The highest BCUT2D eigenvalue weighted by atomic mass is 32.1. The molecule has 0 bridgehead atoms. The number of rotatable bonds is 5. The zero-order valence-corrected chi connectivity index (χ0v) is 13.9. The van der Waals surface area contributed by atoms with Crippen LogP contribution in [-0.2, 0) is 9.59 Å². The van der Waals surface area contributed by atoms with Crippen molar-refractivity contribution in [3.63, 3.8) is 0 Å². The third-order valence-electron chi connectivity index (χ3n) is 4.50. The molecular weight excluding hydrogens is 312 g/mol. The van der Waals surface area contributed by atoms with E-state index in [4.69, 9.17) is 0 Å². The lowest BCUT2D eigenvalue weighted by Crippen LogP contribution is -2.55. The number of carbonyl (C=O) groups is 2. The molecule has 1 aromatic heterocycles. The van der Waals surface area contributed by atoms with Gasteiger partial charge in [-0.3, -0.25) is 14.5 Å². The minimum Gasteiger partial charge on any atom is -0.353 e. The van der Waals surface area contributed by atoms with Crippen molar-refractivity contribution in [3.05, 3.63) is 22.4 Å². The number of thiophene rings is 1. The van der Waals surface area contributed by atoms with Crippen molar-refractivity contribution in [2.75, 3.05) is 19.6 Å². The Hall–Kier alpha value is -1.91. The van der Waals surface area contributed by atoms with Crippen LogP contribution in [0.15, 0.2) is 17.5 Å². The molecule has 122 valence electrons. The zero-order chi connectivity index (χ0) is 16.4. The van der Waals surface area contributed by atoms with Gasteiger partial charge >= 0.3 is 0 Å². The van der Waals surface area contributed by atoms with Crippen LogP contribution in [0.25, 0.3) is 0 Å². The largest absolute Gasteiger partial charge is 0.353 e. The molecular formula is C16H20N4O2S. The molecule has 2 atom stereocenters. The summed E-state index contributed by atoms with van der Waals surface area (Å²) in [6.07, 6.45) is 1.96. The summed E-state index contributed by atoms with van der Waals surface area (Å²) < 4.78 is 0. The highest BCUT2D eigenvalue weighted by Gasteiger charge is 2.43. The number of hydrogen-bond acceptors (Lipinski definition) is 5. The predicted octanol–water partition coefficient (Wildman–Crippen LogP) is 1.03. The van der Waals surface area contributed by atoms with Gasteiger partial charge < -0.3 is 10.6 Å². The van der Waals surface area contributed by atoms with E-state index < -0.39 is 11.6 Å². The molecule has 3 rings (SSSR count). The lowest BCUT2D eigenvalue weighted by atomic mass is 9.98. The van der Waals surface area contributed by atoms with E-state index >= 15 is 0 Å². The summed E-state index contributed by atoms with van der Waals surface area (Å²) in [5.41, 5.74) is -0.798. The Morgan fingerprint density at radius 3 is 3.00 bits per heavy atom. The molecule has 2 amide bonds. The van der Waals surface area contributed by atoms with E-state index in [0.717, 1.165) is 17.7 Å². The molecule has 7 heteroatoms. The van der Waals surface area contributed by atoms with E-state index in [2.05, 4.69) is 16.7 Å². The van der Waals surface area contributed by atoms with E-state index in [1.165, 1.54) is 11.3 Å². The molecule has 6 nitrogen and oxygen atoms in total. The molecule has 2 heterocycles. The van der Waals surface area contributed by atoms with Crippen molar-refractivity contribution < 1.29 is 9.59 Å². The molecule has 0 unspecified atom stereocenters. The van der Waals surface area contributed by atoms with Crippen molar-refractivity contribution in [1.29, 1.82) is 5.26 Å². The second kappa shape index (κ2) is 6.30. The fourth-order valence-corrected chi connectivity index (χ4v) is 3.89. The highest BCUT2D eigenvalue weighted by Crippen LogP contribution is 2.39. The van der Waals surface area contributed by atoms with E-state index in [1.54, 1.807) is 6.92 Å². The number of carbonyl (C=O) groups excluding carboxylic acids is 2. The van der Waals surface area contributed by atoms with Crippen molar-refractivity contribution >= 4 is 23.2 Å². The van der Waals surface area contributed by atoms with Gasteiger partial charge in [-0.1, -0.05) is 6.07 Å². The van der Waals surface area contributed by atoms with Gasteiger partial charge in [0.15, 0.2) is 0 Å². The number of amides is 2. The van der Waals surface area contributed by atoms with E-state index in [-0.39, 0.29) is 24.3 Å². The summed E-state index contributed by atoms with van der Waals surface area (Å²) in [5, 5.41) is 17.0. The van der Waals surface area contributed by atoms with Crippen molar-refractivity contribution in [1.82, 2.24) is 15.5 Å².